The SMILES string of the molecule is CC(NC(=O)OCC1c2ccccc2-c2ccccc21)C(=O)N(C)C1(C(=O)O)CCCC1. The number of nitrogens with one attached hydrogen (secondary N) is 1. The highest BCUT2D eigenvalue weighted by Crippen LogP contribution is 2.44. The van der Waals surface area contributed by atoms with Crippen LogP contribution in [-0.4, -0.2) is 53.2 Å². The van der Waals surface area contributed by atoms with E-state index < -0.39 is 29.6 Å². The number of likely N-dealkylation sites (N-methyl/N-ethyl adjacent to an activating group) is 1. The summed E-state index contributed by atoms with van der Waals surface area (Å²) >= 11 is 0. The van der Waals surface area contributed by atoms with Gasteiger partial charge in [0.15, 0.2) is 0 Å². The van der Waals surface area contributed by atoms with Crippen LogP contribution in [0.15, 0.2) is 48.5 Å². The molecule has 0 aromatic heterocycles. The van der Waals surface area contributed by atoms with Gasteiger partial charge in [0.1, 0.15) is 18.2 Å². The Bertz CT molecular complexity index is 999. The lowest BCUT2D eigenvalue weighted by molar-refractivity contribution is -0.158. The Labute approximate surface area is 187 Å². The minimum absolute atomic E-state index is 0.0735. The van der Waals surface area contributed by atoms with Gasteiger partial charge in [-0.1, -0.05) is 61.4 Å². The minimum atomic E-state index is -1.20. The summed E-state index contributed by atoms with van der Waals surface area (Å²) in [5.74, 6) is -1.52. The number of hydrogen-bond acceptors (Lipinski definition) is 4. The Morgan fingerprint density at radius 1 is 1.06 bits per heavy atom. The molecule has 1 saturated carbocycles. The molecule has 0 spiro atoms. The number of rotatable bonds is 6. The van der Waals surface area contributed by atoms with E-state index in [0.29, 0.717) is 12.8 Å². The Morgan fingerprint density at radius 3 is 2.12 bits per heavy atom. The molecular weight excluding hydrogens is 408 g/mol. The first-order chi connectivity index (χ1) is 15.3. The van der Waals surface area contributed by atoms with E-state index in [1.165, 1.54) is 11.9 Å². The number of carbonyl (C=O) groups excluding carboxylic acids is 2. The average Bonchev–Trinajstić information content (AvgIpc) is 3.41. The molecule has 1 atom stereocenters. The molecule has 1 fully saturated rings. The van der Waals surface area contributed by atoms with E-state index in [2.05, 4.69) is 17.4 Å². The van der Waals surface area contributed by atoms with Gasteiger partial charge in [-0.05, 0) is 42.0 Å². The van der Waals surface area contributed by atoms with Crippen LogP contribution in [0.4, 0.5) is 4.79 Å². The van der Waals surface area contributed by atoms with E-state index in [4.69, 9.17) is 4.74 Å². The van der Waals surface area contributed by atoms with Crippen molar-refractivity contribution in [2.24, 2.45) is 0 Å². The molecule has 2 aliphatic rings. The van der Waals surface area contributed by atoms with Crippen molar-refractivity contribution in [3.05, 3.63) is 59.7 Å². The van der Waals surface area contributed by atoms with Crippen LogP contribution in [0.2, 0.25) is 0 Å². The third-order valence-corrected chi connectivity index (χ3v) is 6.85. The molecule has 2 N–H and O–H groups in total. The highest BCUT2D eigenvalue weighted by molar-refractivity contribution is 5.91. The van der Waals surface area contributed by atoms with Gasteiger partial charge in [0.2, 0.25) is 5.91 Å². The van der Waals surface area contributed by atoms with Crippen LogP contribution in [0.5, 0.6) is 0 Å². The molecule has 2 amide bonds. The number of aliphatic carboxylic acids is 1. The van der Waals surface area contributed by atoms with Crippen molar-refractivity contribution in [1.82, 2.24) is 10.2 Å². The maximum Gasteiger partial charge on any atom is 0.407 e. The summed E-state index contributed by atoms with van der Waals surface area (Å²) in [7, 11) is 1.50. The highest BCUT2D eigenvalue weighted by atomic mass is 16.5. The molecule has 0 saturated heterocycles. The van der Waals surface area contributed by atoms with Crippen molar-refractivity contribution in [3.63, 3.8) is 0 Å². The maximum atomic E-state index is 12.9. The molecule has 0 bridgehead atoms. The molecule has 0 aliphatic heterocycles. The monoisotopic (exact) mass is 436 g/mol. The van der Waals surface area contributed by atoms with E-state index in [0.717, 1.165) is 35.1 Å². The van der Waals surface area contributed by atoms with E-state index in [1.54, 1.807) is 6.92 Å². The highest BCUT2D eigenvalue weighted by Gasteiger charge is 2.47. The van der Waals surface area contributed by atoms with Crippen LogP contribution in [-0.2, 0) is 14.3 Å². The third kappa shape index (κ3) is 3.72. The van der Waals surface area contributed by atoms with E-state index >= 15 is 0 Å². The zero-order valence-corrected chi connectivity index (χ0v) is 18.3. The molecule has 4 rings (SSSR count). The maximum absolute atomic E-state index is 12.9. The number of nitrogens with zero attached hydrogens (tertiary/aromatic N) is 1. The van der Waals surface area contributed by atoms with E-state index in [1.807, 2.05) is 36.4 Å². The lowest BCUT2D eigenvalue weighted by Crippen LogP contribution is -2.58. The van der Waals surface area contributed by atoms with Crippen molar-refractivity contribution in [3.8, 4) is 11.1 Å². The largest absolute Gasteiger partial charge is 0.479 e. The van der Waals surface area contributed by atoms with Crippen LogP contribution in [0.25, 0.3) is 11.1 Å². The van der Waals surface area contributed by atoms with Crippen molar-refractivity contribution < 1.29 is 24.2 Å². The first-order valence-electron chi connectivity index (χ1n) is 11.0. The number of alkyl carbamates (subject to hydrolysis) is 1. The van der Waals surface area contributed by atoms with Crippen LogP contribution < -0.4 is 5.32 Å². The zero-order valence-electron chi connectivity index (χ0n) is 18.3. The average molecular weight is 437 g/mol. The van der Waals surface area contributed by atoms with Crippen molar-refractivity contribution in [2.45, 2.75) is 50.1 Å². The summed E-state index contributed by atoms with van der Waals surface area (Å²) in [6, 6.07) is 15.2. The summed E-state index contributed by atoms with van der Waals surface area (Å²) < 4.78 is 5.50. The van der Waals surface area contributed by atoms with Gasteiger partial charge in [-0.2, -0.15) is 0 Å². The fourth-order valence-corrected chi connectivity index (χ4v) is 5.03. The van der Waals surface area contributed by atoms with Crippen molar-refractivity contribution >= 4 is 18.0 Å². The Hall–Kier alpha value is -3.35. The second-order valence-corrected chi connectivity index (χ2v) is 8.63. The van der Waals surface area contributed by atoms with Gasteiger partial charge in [0, 0.05) is 13.0 Å². The number of carboxylic acid groups (broad SMARTS) is 1. The molecular formula is C25H28N2O5. The minimum Gasteiger partial charge on any atom is -0.479 e. The summed E-state index contributed by atoms with van der Waals surface area (Å²) in [4.78, 5) is 38.5. The number of carboxylic acids is 1. The fraction of sp³-hybridized carbons (Fsp3) is 0.400. The first kappa shape index (κ1) is 21.9. The van der Waals surface area contributed by atoms with Crippen LogP contribution in [0, 0.1) is 0 Å². The van der Waals surface area contributed by atoms with Gasteiger partial charge < -0.3 is 20.1 Å². The van der Waals surface area contributed by atoms with Crippen LogP contribution in [0.1, 0.15) is 49.7 Å². The van der Waals surface area contributed by atoms with Gasteiger partial charge in [0.05, 0.1) is 0 Å². The second kappa shape index (κ2) is 8.65. The van der Waals surface area contributed by atoms with Gasteiger partial charge in [-0.3, -0.25) is 4.79 Å². The number of ether oxygens (including phenoxy) is 1. The van der Waals surface area contributed by atoms with E-state index in [9.17, 15) is 19.5 Å². The molecule has 2 aliphatic carbocycles. The predicted octanol–water partition coefficient (Wildman–Crippen LogP) is 3.77. The van der Waals surface area contributed by atoms with Gasteiger partial charge in [0.25, 0.3) is 0 Å². The quantitative estimate of drug-likeness (QED) is 0.719. The Morgan fingerprint density at radius 2 is 1.59 bits per heavy atom. The number of fused-ring (bicyclic) bond motifs is 3. The summed E-state index contributed by atoms with van der Waals surface area (Å²) in [5.41, 5.74) is 3.29. The van der Waals surface area contributed by atoms with Crippen molar-refractivity contribution in [1.29, 1.82) is 0 Å². The molecule has 1 unspecified atom stereocenters. The lowest BCUT2D eigenvalue weighted by Gasteiger charge is -2.36. The lowest BCUT2D eigenvalue weighted by atomic mass is 9.95. The smallest absolute Gasteiger partial charge is 0.407 e. The zero-order chi connectivity index (χ0) is 22.9. The summed E-state index contributed by atoms with van der Waals surface area (Å²) in [6.07, 6.45) is 1.66. The topological polar surface area (TPSA) is 95.9 Å². The molecule has 32 heavy (non-hydrogen) atoms. The number of hydrogen-bond donors (Lipinski definition) is 2. The molecule has 0 heterocycles. The molecule has 0 radical (unpaired) electrons. The normalized spacial score (nSPS) is 17.2. The Balaban J connectivity index is 1.39. The van der Waals surface area contributed by atoms with Crippen LogP contribution >= 0.6 is 0 Å². The Kier molecular flexibility index (Phi) is 5.91. The fourth-order valence-electron chi connectivity index (χ4n) is 5.03. The number of carbonyl (C=O) groups is 3. The molecule has 2 aromatic carbocycles. The van der Waals surface area contributed by atoms with Crippen molar-refractivity contribution in [2.75, 3.05) is 13.7 Å². The number of amides is 2. The van der Waals surface area contributed by atoms with Crippen LogP contribution in [0.3, 0.4) is 0 Å². The van der Waals surface area contributed by atoms with Gasteiger partial charge in [-0.15, -0.1) is 0 Å². The molecule has 168 valence electrons. The molecule has 2 aromatic rings. The number of benzene rings is 2. The van der Waals surface area contributed by atoms with Gasteiger partial charge >= 0.3 is 12.1 Å². The van der Waals surface area contributed by atoms with E-state index in [-0.39, 0.29) is 12.5 Å². The molecule has 7 heteroatoms. The molecule has 7 nitrogen and oxygen atoms in total. The van der Waals surface area contributed by atoms with Gasteiger partial charge in [-0.25, -0.2) is 9.59 Å². The first-order valence-corrected chi connectivity index (χ1v) is 11.0. The standard InChI is InChI=1S/C25H28N2O5/c1-16(22(28)27(2)25(23(29)30)13-7-8-14-25)26-24(31)32-15-21-19-11-5-3-9-17(19)18-10-4-6-12-20(18)21/h3-6,9-12,16,21H,7-8,13-15H2,1-2H3,(H,26,31)(H,29,30). The second-order valence-electron chi connectivity index (χ2n) is 8.63. The third-order valence-electron chi connectivity index (χ3n) is 6.85. The predicted molar refractivity (Wildman–Crippen MR) is 119 cm³/mol. The summed E-state index contributed by atoms with van der Waals surface area (Å²) in [6.45, 7) is 1.69. The summed E-state index contributed by atoms with van der Waals surface area (Å²) in [5, 5.41) is 12.3.